The van der Waals surface area contributed by atoms with E-state index in [1.807, 2.05) is 41.0 Å². The van der Waals surface area contributed by atoms with Crippen LogP contribution in [0.25, 0.3) is 11.4 Å². The molecule has 0 aliphatic rings. The van der Waals surface area contributed by atoms with Gasteiger partial charge in [0.25, 0.3) is 5.91 Å². The van der Waals surface area contributed by atoms with Crippen molar-refractivity contribution < 1.29 is 13.9 Å². The van der Waals surface area contributed by atoms with Crippen LogP contribution in [0.3, 0.4) is 0 Å². The van der Waals surface area contributed by atoms with Gasteiger partial charge >= 0.3 is 0 Å². The highest BCUT2D eigenvalue weighted by molar-refractivity contribution is 7.98. The van der Waals surface area contributed by atoms with E-state index < -0.39 is 0 Å². The Hall–Kier alpha value is -3.43. The molecule has 8 nitrogen and oxygen atoms in total. The summed E-state index contributed by atoms with van der Waals surface area (Å²) in [5, 5.41) is 12.4. The van der Waals surface area contributed by atoms with Crippen molar-refractivity contribution >= 4 is 17.7 Å². The summed E-state index contributed by atoms with van der Waals surface area (Å²) in [5.41, 5.74) is 2.58. The zero-order valence-electron chi connectivity index (χ0n) is 17.6. The first-order chi connectivity index (χ1) is 15.7. The molecular weight excluding hydrogens is 426 g/mol. The number of furan rings is 1. The predicted molar refractivity (Wildman–Crippen MR) is 121 cm³/mol. The maximum absolute atomic E-state index is 12.5. The molecule has 0 unspecified atom stereocenters. The number of nitrogens with one attached hydrogen (secondary N) is 1. The number of aromatic nitrogens is 4. The van der Waals surface area contributed by atoms with E-state index in [0.29, 0.717) is 36.8 Å². The normalized spacial score (nSPS) is 10.9. The fourth-order valence-electron chi connectivity index (χ4n) is 3.13. The van der Waals surface area contributed by atoms with Gasteiger partial charge in [0.15, 0.2) is 11.0 Å². The van der Waals surface area contributed by atoms with Gasteiger partial charge in [-0.25, -0.2) is 0 Å². The molecule has 1 N–H and O–H groups in total. The van der Waals surface area contributed by atoms with Gasteiger partial charge in [0.05, 0.1) is 26.0 Å². The molecule has 0 saturated heterocycles. The number of carbonyl (C=O) groups is 1. The van der Waals surface area contributed by atoms with E-state index in [-0.39, 0.29) is 5.91 Å². The number of ether oxygens (including phenoxy) is 1. The third-order valence-electron chi connectivity index (χ3n) is 4.73. The van der Waals surface area contributed by atoms with E-state index in [4.69, 9.17) is 9.15 Å². The second-order valence-corrected chi connectivity index (χ2v) is 7.88. The average Bonchev–Trinajstić information content (AvgIpc) is 3.50. The number of rotatable bonds is 10. The lowest BCUT2D eigenvalue weighted by Crippen LogP contribution is -2.22. The highest BCUT2D eigenvalue weighted by Gasteiger charge is 2.15. The molecule has 32 heavy (non-hydrogen) atoms. The highest BCUT2D eigenvalue weighted by Crippen LogP contribution is 2.26. The van der Waals surface area contributed by atoms with E-state index in [0.717, 1.165) is 22.1 Å². The summed E-state index contributed by atoms with van der Waals surface area (Å²) in [5.74, 6) is 2.00. The first-order valence-electron chi connectivity index (χ1n) is 10.1. The monoisotopic (exact) mass is 449 g/mol. The van der Waals surface area contributed by atoms with E-state index >= 15 is 0 Å². The average molecular weight is 450 g/mol. The van der Waals surface area contributed by atoms with Gasteiger partial charge in [-0.15, -0.1) is 10.2 Å². The van der Waals surface area contributed by atoms with Crippen molar-refractivity contribution in [1.29, 1.82) is 0 Å². The molecular formula is C23H23N5O3S. The van der Waals surface area contributed by atoms with Gasteiger partial charge in [0.1, 0.15) is 5.76 Å². The first-order valence-corrected chi connectivity index (χ1v) is 11.1. The maximum atomic E-state index is 12.5. The molecule has 0 atom stereocenters. The van der Waals surface area contributed by atoms with Crippen molar-refractivity contribution in [2.75, 3.05) is 13.7 Å². The van der Waals surface area contributed by atoms with Crippen molar-refractivity contribution in [1.82, 2.24) is 25.1 Å². The van der Waals surface area contributed by atoms with Crippen molar-refractivity contribution in [3.63, 3.8) is 0 Å². The fraction of sp³-hybridized carbons (Fsp3) is 0.217. The minimum Gasteiger partial charge on any atom is -0.467 e. The van der Waals surface area contributed by atoms with Crippen molar-refractivity contribution in [3.8, 4) is 11.4 Å². The van der Waals surface area contributed by atoms with Gasteiger partial charge in [0, 0.05) is 36.4 Å². The molecule has 0 aliphatic carbocycles. The molecule has 0 saturated carbocycles. The number of thioether (sulfide) groups is 1. The lowest BCUT2D eigenvalue weighted by Gasteiger charge is -2.10. The minimum absolute atomic E-state index is 0.142. The van der Waals surface area contributed by atoms with Crippen LogP contribution in [-0.4, -0.2) is 39.4 Å². The van der Waals surface area contributed by atoms with E-state index in [1.54, 1.807) is 49.7 Å². The number of carbonyl (C=O) groups excluding carboxylic acids is 1. The van der Waals surface area contributed by atoms with Gasteiger partial charge in [-0.05, 0) is 42.0 Å². The Balaban J connectivity index is 1.44. The maximum Gasteiger partial charge on any atom is 0.251 e. The number of hydrogen-bond donors (Lipinski definition) is 1. The third-order valence-corrected chi connectivity index (χ3v) is 5.77. The van der Waals surface area contributed by atoms with Crippen LogP contribution in [0.1, 0.15) is 21.7 Å². The standard InChI is InChI=1S/C23H23N5O3S/c1-30-13-11-28-21(18-7-9-24-10-8-18)26-27-23(28)32-16-17-4-2-5-19(14-17)22(29)25-15-20-6-3-12-31-20/h2-10,12,14H,11,13,15-16H2,1H3,(H,25,29). The zero-order chi connectivity index (χ0) is 22.2. The number of hydrogen-bond acceptors (Lipinski definition) is 7. The van der Waals surface area contributed by atoms with Crippen LogP contribution in [0.4, 0.5) is 0 Å². The van der Waals surface area contributed by atoms with Crippen LogP contribution in [0.2, 0.25) is 0 Å². The third kappa shape index (κ3) is 5.43. The van der Waals surface area contributed by atoms with Crippen LogP contribution in [0.15, 0.2) is 76.8 Å². The molecule has 9 heteroatoms. The number of amides is 1. The van der Waals surface area contributed by atoms with Gasteiger partial charge in [-0.2, -0.15) is 0 Å². The van der Waals surface area contributed by atoms with Crippen LogP contribution in [0, 0.1) is 0 Å². The molecule has 4 rings (SSSR count). The SMILES string of the molecule is COCCn1c(SCc2cccc(C(=O)NCc3ccco3)c2)nnc1-c1ccncc1. The van der Waals surface area contributed by atoms with Crippen molar-refractivity contribution in [3.05, 3.63) is 84.1 Å². The Labute approximate surface area is 190 Å². The van der Waals surface area contributed by atoms with Gasteiger partial charge in [-0.1, -0.05) is 23.9 Å². The molecule has 0 radical (unpaired) electrons. The molecule has 3 aromatic heterocycles. The van der Waals surface area contributed by atoms with Crippen molar-refractivity contribution in [2.24, 2.45) is 0 Å². The molecule has 0 spiro atoms. The Bertz CT molecular complexity index is 1150. The highest BCUT2D eigenvalue weighted by atomic mass is 32.2. The Morgan fingerprint density at radius 1 is 1.16 bits per heavy atom. The lowest BCUT2D eigenvalue weighted by atomic mass is 10.1. The molecule has 1 amide bonds. The van der Waals surface area contributed by atoms with Crippen LogP contribution in [0.5, 0.6) is 0 Å². The smallest absolute Gasteiger partial charge is 0.251 e. The molecule has 164 valence electrons. The second-order valence-electron chi connectivity index (χ2n) is 6.94. The number of methoxy groups -OCH3 is 1. The summed E-state index contributed by atoms with van der Waals surface area (Å²) in [7, 11) is 1.67. The Kier molecular flexibility index (Phi) is 7.31. The summed E-state index contributed by atoms with van der Waals surface area (Å²) in [6.45, 7) is 1.54. The summed E-state index contributed by atoms with van der Waals surface area (Å²) in [4.78, 5) is 16.6. The molecule has 0 aliphatic heterocycles. The zero-order valence-corrected chi connectivity index (χ0v) is 18.4. The molecule has 3 heterocycles. The molecule has 1 aromatic carbocycles. The van der Waals surface area contributed by atoms with E-state index in [2.05, 4.69) is 20.5 Å². The Morgan fingerprint density at radius 2 is 2.03 bits per heavy atom. The van der Waals surface area contributed by atoms with Crippen molar-refractivity contribution in [2.45, 2.75) is 24.0 Å². The van der Waals surface area contributed by atoms with Crippen LogP contribution >= 0.6 is 11.8 Å². The largest absolute Gasteiger partial charge is 0.467 e. The predicted octanol–water partition coefficient (Wildman–Crippen LogP) is 3.80. The summed E-state index contributed by atoms with van der Waals surface area (Å²) >= 11 is 1.57. The topological polar surface area (TPSA) is 95.1 Å². The fourth-order valence-corrected chi connectivity index (χ4v) is 4.03. The molecule has 4 aromatic rings. The second kappa shape index (κ2) is 10.7. The molecule has 0 bridgehead atoms. The quantitative estimate of drug-likeness (QED) is 0.368. The van der Waals surface area contributed by atoms with Gasteiger partial charge in [-0.3, -0.25) is 14.3 Å². The number of nitrogens with zero attached hydrogens (tertiary/aromatic N) is 4. The number of benzene rings is 1. The van der Waals surface area contributed by atoms with Gasteiger partial charge < -0.3 is 14.5 Å². The molecule has 0 fully saturated rings. The Morgan fingerprint density at radius 3 is 2.81 bits per heavy atom. The van der Waals surface area contributed by atoms with Gasteiger partial charge in [0.2, 0.25) is 0 Å². The van der Waals surface area contributed by atoms with E-state index in [1.165, 1.54) is 0 Å². The van der Waals surface area contributed by atoms with E-state index in [9.17, 15) is 4.79 Å². The lowest BCUT2D eigenvalue weighted by molar-refractivity contribution is 0.0948. The number of pyridine rings is 1. The minimum atomic E-state index is -0.142. The van der Waals surface area contributed by atoms with Crippen LogP contribution in [-0.2, 0) is 23.6 Å². The van der Waals surface area contributed by atoms with Crippen LogP contribution < -0.4 is 5.32 Å². The summed E-state index contributed by atoms with van der Waals surface area (Å²) in [6, 6.07) is 15.0. The summed E-state index contributed by atoms with van der Waals surface area (Å²) in [6.07, 6.45) is 5.06. The first kappa shape index (κ1) is 21.8. The summed E-state index contributed by atoms with van der Waals surface area (Å²) < 4.78 is 12.6.